The Kier molecular flexibility index (Phi) is 4.13. The molecular formula is C21H22FN3O4. The number of nitrogens with zero attached hydrogens (tertiary/aromatic N) is 2. The van der Waals surface area contributed by atoms with Gasteiger partial charge in [-0.25, -0.2) is 9.18 Å². The maximum absolute atomic E-state index is 15.2. The lowest BCUT2D eigenvalue weighted by molar-refractivity contribution is 0.0695. The SMILES string of the molecule is C=C1COc2c(N3CC[C@@H](CNC4CC4)C3)c(F)cc3c(=O)c(C(=O)O)cn1c23. The maximum atomic E-state index is 15.2. The molecule has 29 heavy (non-hydrogen) atoms. The molecule has 0 radical (unpaired) electrons. The van der Waals surface area contributed by atoms with E-state index in [1.807, 2.05) is 4.90 Å². The molecular weight excluding hydrogens is 377 g/mol. The number of aromatic carboxylic acids is 1. The molecule has 2 aliphatic heterocycles. The highest BCUT2D eigenvalue weighted by Gasteiger charge is 2.33. The summed E-state index contributed by atoms with van der Waals surface area (Å²) in [6.07, 6.45) is 4.67. The molecule has 1 saturated heterocycles. The van der Waals surface area contributed by atoms with Gasteiger partial charge in [-0.1, -0.05) is 6.58 Å². The van der Waals surface area contributed by atoms with E-state index in [0.717, 1.165) is 19.0 Å². The molecule has 0 bridgehead atoms. The molecule has 7 nitrogen and oxygen atoms in total. The smallest absolute Gasteiger partial charge is 0.341 e. The second-order valence-corrected chi connectivity index (χ2v) is 8.12. The second kappa shape index (κ2) is 6.59. The van der Waals surface area contributed by atoms with Crippen LogP contribution in [0.25, 0.3) is 16.6 Å². The number of anilines is 1. The van der Waals surface area contributed by atoms with Crippen LogP contribution in [0.2, 0.25) is 0 Å². The molecule has 2 N–H and O–H groups in total. The van der Waals surface area contributed by atoms with Crippen molar-refractivity contribution in [1.29, 1.82) is 0 Å². The molecule has 5 rings (SSSR count). The minimum Gasteiger partial charge on any atom is -0.483 e. The van der Waals surface area contributed by atoms with E-state index in [2.05, 4.69) is 11.9 Å². The van der Waals surface area contributed by atoms with Crippen LogP contribution in [-0.4, -0.2) is 47.9 Å². The zero-order valence-corrected chi connectivity index (χ0v) is 15.9. The predicted octanol–water partition coefficient (Wildman–Crippen LogP) is 2.28. The number of rotatable bonds is 5. The minimum absolute atomic E-state index is 0.00635. The fourth-order valence-electron chi connectivity index (χ4n) is 4.30. The van der Waals surface area contributed by atoms with E-state index in [-0.39, 0.29) is 17.7 Å². The predicted molar refractivity (Wildman–Crippen MR) is 107 cm³/mol. The first kappa shape index (κ1) is 18.2. The van der Waals surface area contributed by atoms with Crippen LogP contribution in [0.3, 0.4) is 0 Å². The van der Waals surface area contributed by atoms with Gasteiger partial charge in [0.15, 0.2) is 11.6 Å². The molecule has 1 aliphatic carbocycles. The number of hydrogen-bond acceptors (Lipinski definition) is 5. The van der Waals surface area contributed by atoms with Crippen molar-refractivity contribution >= 4 is 28.3 Å². The third-order valence-corrected chi connectivity index (χ3v) is 6.00. The Hall–Kier alpha value is -2.87. The van der Waals surface area contributed by atoms with Gasteiger partial charge in [-0.3, -0.25) is 4.79 Å². The number of benzene rings is 1. The second-order valence-electron chi connectivity index (χ2n) is 8.12. The van der Waals surface area contributed by atoms with Gasteiger partial charge >= 0.3 is 5.97 Å². The lowest BCUT2D eigenvalue weighted by Gasteiger charge is -2.29. The Morgan fingerprint density at radius 1 is 1.38 bits per heavy atom. The number of carboxylic acids is 1. The first-order valence-corrected chi connectivity index (χ1v) is 9.88. The van der Waals surface area contributed by atoms with Gasteiger partial charge < -0.3 is 24.6 Å². The monoisotopic (exact) mass is 399 g/mol. The van der Waals surface area contributed by atoms with Crippen molar-refractivity contribution in [3.8, 4) is 5.75 Å². The summed E-state index contributed by atoms with van der Waals surface area (Å²) in [6, 6.07) is 1.77. The molecule has 3 aliphatic rings. The van der Waals surface area contributed by atoms with Crippen molar-refractivity contribution in [1.82, 2.24) is 9.88 Å². The lowest BCUT2D eigenvalue weighted by Crippen LogP contribution is -2.29. The number of halogens is 1. The first-order chi connectivity index (χ1) is 13.9. The standard InChI is InChI=1S/C21H22FN3O4/c1-11-10-29-20-17-14(19(26)15(21(27)28)9-25(11)17)6-16(22)18(20)24-5-4-12(8-24)7-23-13-2-3-13/h6,9,12-13,23H,1-5,7-8,10H2,(H,27,28)/t12-/m0/s1. The molecule has 2 aromatic rings. The van der Waals surface area contributed by atoms with Gasteiger partial charge in [0.2, 0.25) is 5.43 Å². The van der Waals surface area contributed by atoms with Crippen LogP contribution in [0.1, 0.15) is 29.6 Å². The summed E-state index contributed by atoms with van der Waals surface area (Å²) < 4.78 is 22.6. The zero-order valence-electron chi connectivity index (χ0n) is 15.9. The number of ether oxygens (including phenoxy) is 1. The van der Waals surface area contributed by atoms with Crippen molar-refractivity contribution in [3.63, 3.8) is 0 Å². The summed E-state index contributed by atoms with van der Waals surface area (Å²) in [6.45, 7) is 6.32. The number of nitrogens with one attached hydrogen (secondary N) is 1. The summed E-state index contributed by atoms with van der Waals surface area (Å²) in [5, 5.41) is 12.9. The zero-order chi connectivity index (χ0) is 20.3. The summed E-state index contributed by atoms with van der Waals surface area (Å²) in [7, 11) is 0. The van der Waals surface area contributed by atoms with Gasteiger partial charge in [0.1, 0.15) is 23.4 Å². The molecule has 8 heteroatoms. The molecule has 1 aromatic heterocycles. The molecule has 2 fully saturated rings. The van der Waals surface area contributed by atoms with Gasteiger partial charge in [-0.05, 0) is 37.8 Å². The third kappa shape index (κ3) is 2.98. The number of pyridine rings is 1. The Morgan fingerprint density at radius 3 is 2.90 bits per heavy atom. The van der Waals surface area contributed by atoms with Crippen LogP contribution in [-0.2, 0) is 0 Å². The molecule has 1 aromatic carbocycles. The minimum atomic E-state index is -1.35. The highest BCUT2D eigenvalue weighted by Crippen LogP contribution is 2.43. The molecule has 1 atom stereocenters. The van der Waals surface area contributed by atoms with Crippen LogP contribution in [0.15, 0.2) is 23.6 Å². The Morgan fingerprint density at radius 2 is 2.17 bits per heavy atom. The van der Waals surface area contributed by atoms with Gasteiger partial charge in [0, 0.05) is 25.3 Å². The Bertz CT molecular complexity index is 1110. The van der Waals surface area contributed by atoms with E-state index in [1.54, 1.807) is 4.57 Å². The molecule has 0 spiro atoms. The molecule has 152 valence electrons. The topological polar surface area (TPSA) is 83.8 Å². The fraction of sp³-hybridized carbons (Fsp3) is 0.429. The van der Waals surface area contributed by atoms with Crippen LogP contribution in [0.5, 0.6) is 5.75 Å². The van der Waals surface area contributed by atoms with Crippen LogP contribution < -0.4 is 20.4 Å². The van der Waals surface area contributed by atoms with Crippen molar-refractivity contribution in [2.24, 2.45) is 5.92 Å². The number of carboxylic acid groups (broad SMARTS) is 1. The van der Waals surface area contributed by atoms with E-state index in [0.29, 0.717) is 42.0 Å². The summed E-state index contributed by atoms with van der Waals surface area (Å²) in [5.41, 5.74) is 0.0885. The van der Waals surface area contributed by atoms with Crippen molar-refractivity contribution < 1.29 is 19.0 Å². The van der Waals surface area contributed by atoms with Crippen molar-refractivity contribution in [2.75, 3.05) is 31.1 Å². The third-order valence-electron chi connectivity index (χ3n) is 6.00. The Balaban J connectivity index is 1.60. The molecule has 0 amide bonds. The van der Waals surface area contributed by atoms with Gasteiger partial charge in [-0.15, -0.1) is 0 Å². The lowest BCUT2D eigenvalue weighted by atomic mass is 10.1. The number of hydrogen-bond donors (Lipinski definition) is 2. The maximum Gasteiger partial charge on any atom is 0.341 e. The highest BCUT2D eigenvalue weighted by atomic mass is 19.1. The van der Waals surface area contributed by atoms with Crippen LogP contribution in [0.4, 0.5) is 10.1 Å². The normalized spacial score (nSPS) is 20.9. The van der Waals surface area contributed by atoms with Crippen molar-refractivity contribution in [2.45, 2.75) is 25.3 Å². The molecule has 1 saturated carbocycles. The Labute approximate surface area is 166 Å². The van der Waals surface area contributed by atoms with Crippen LogP contribution >= 0.6 is 0 Å². The fourth-order valence-corrected chi connectivity index (χ4v) is 4.30. The van der Waals surface area contributed by atoms with E-state index in [4.69, 9.17) is 4.74 Å². The van der Waals surface area contributed by atoms with E-state index in [9.17, 15) is 14.7 Å². The van der Waals surface area contributed by atoms with Gasteiger partial charge in [0.05, 0.1) is 11.1 Å². The van der Waals surface area contributed by atoms with E-state index >= 15 is 4.39 Å². The number of carbonyl (C=O) groups is 1. The van der Waals surface area contributed by atoms with Gasteiger partial charge in [-0.2, -0.15) is 0 Å². The summed E-state index contributed by atoms with van der Waals surface area (Å²) >= 11 is 0. The first-order valence-electron chi connectivity index (χ1n) is 9.88. The largest absolute Gasteiger partial charge is 0.483 e. The van der Waals surface area contributed by atoms with Crippen LogP contribution in [0, 0.1) is 11.7 Å². The quantitative estimate of drug-likeness (QED) is 0.803. The molecule has 3 heterocycles. The summed E-state index contributed by atoms with van der Waals surface area (Å²) in [4.78, 5) is 26.1. The number of aromatic nitrogens is 1. The highest BCUT2D eigenvalue weighted by molar-refractivity contribution is 5.99. The average Bonchev–Trinajstić information content (AvgIpc) is 3.41. The van der Waals surface area contributed by atoms with Crippen molar-refractivity contribution in [3.05, 3.63) is 40.4 Å². The van der Waals surface area contributed by atoms with E-state index in [1.165, 1.54) is 19.0 Å². The van der Waals surface area contributed by atoms with E-state index < -0.39 is 22.8 Å². The average molecular weight is 399 g/mol. The summed E-state index contributed by atoms with van der Waals surface area (Å²) in [5.74, 6) is -1.20. The molecule has 0 unspecified atom stereocenters. The van der Waals surface area contributed by atoms with Gasteiger partial charge in [0.25, 0.3) is 0 Å².